The van der Waals surface area contributed by atoms with Crippen LogP contribution >= 0.6 is 0 Å². The fourth-order valence-corrected chi connectivity index (χ4v) is 1.50. The Kier molecular flexibility index (Phi) is 3.05. The maximum absolute atomic E-state index is 12.0. The van der Waals surface area contributed by atoms with Gasteiger partial charge in [0.25, 0.3) is 0 Å². The van der Waals surface area contributed by atoms with Crippen molar-refractivity contribution in [2.24, 2.45) is 0 Å². The molecule has 3 heteroatoms. The second-order valence-electron chi connectivity index (χ2n) is 3.47. The van der Waals surface area contributed by atoms with Crippen LogP contribution in [-0.4, -0.2) is 15.8 Å². The molecule has 2 aromatic rings. The highest BCUT2D eigenvalue weighted by atomic mass is 16.1. The van der Waals surface area contributed by atoms with Crippen LogP contribution in [0.15, 0.2) is 42.9 Å². The molecule has 16 heavy (non-hydrogen) atoms. The average molecular weight is 212 g/mol. The van der Waals surface area contributed by atoms with Crippen LogP contribution in [0, 0.1) is 0 Å². The molecule has 1 aromatic heterocycles. The predicted molar refractivity (Wildman–Crippen MR) is 61.3 cm³/mol. The Morgan fingerprint density at radius 3 is 2.88 bits per heavy atom. The smallest absolute Gasteiger partial charge is 0.212 e. The number of ketones is 1. The van der Waals surface area contributed by atoms with Crippen LogP contribution in [-0.2, 0) is 6.42 Å². The SMILES string of the molecule is CCc1cccc(C(=O)c2cnccn2)c1. The molecule has 0 radical (unpaired) electrons. The van der Waals surface area contributed by atoms with Crippen LogP contribution in [0.1, 0.15) is 28.5 Å². The Morgan fingerprint density at radius 2 is 2.19 bits per heavy atom. The van der Waals surface area contributed by atoms with Gasteiger partial charge in [0.15, 0.2) is 0 Å². The van der Waals surface area contributed by atoms with Crippen molar-refractivity contribution >= 4 is 5.78 Å². The first-order valence-corrected chi connectivity index (χ1v) is 5.21. The minimum Gasteiger partial charge on any atom is -0.287 e. The highest BCUT2D eigenvalue weighted by Gasteiger charge is 2.10. The zero-order chi connectivity index (χ0) is 11.4. The number of carbonyl (C=O) groups excluding carboxylic acids is 1. The lowest BCUT2D eigenvalue weighted by atomic mass is 10.0. The largest absolute Gasteiger partial charge is 0.287 e. The molecule has 0 fully saturated rings. The van der Waals surface area contributed by atoms with Gasteiger partial charge in [0.1, 0.15) is 5.69 Å². The Morgan fingerprint density at radius 1 is 1.31 bits per heavy atom. The second-order valence-corrected chi connectivity index (χ2v) is 3.47. The molecule has 0 bridgehead atoms. The lowest BCUT2D eigenvalue weighted by molar-refractivity contribution is 0.103. The molecule has 0 amide bonds. The third kappa shape index (κ3) is 2.14. The summed E-state index contributed by atoms with van der Waals surface area (Å²) in [6.07, 6.45) is 5.48. The van der Waals surface area contributed by atoms with E-state index in [0.29, 0.717) is 11.3 Å². The Hall–Kier alpha value is -2.03. The molecule has 80 valence electrons. The molecule has 0 N–H and O–H groups in total. The van der Waals surface area contributed by atoms with E-state index in [9.17, 15) is 4.79 Å². The van der Waals surface area contributed by atoms with E-state index < -0.39 is 0 Å². The zero-order valence-electron chi connectivity index (χ0n) is 9.05. The summed E-state index contributed by atoms with van der Waals surface area (Å²) in [5.41, 5.74) is 2.20. The van der Waals surface area contributed by atoms with Gasteiger partial charge < -0.3 is 0 Å². The number of rotatable bonds is 3. The van der Waals surface area contributed by atoms with E-state index in [1.54, 1.807) is 12.3 Å². The van der Waals surface area contributed by atoms with Gasteiger partial charge in [-0.2, -0.15) is 0 Å². The molecule has 0 saturated heterocycles. The fourth-order valence-electron chi connectivity index (χ4n) is 1.50. The molecule has 1 aromatic carbocycles. The van der Waals surface area contributed by atoms with E-state index in [1.807, 2.05) is 18.2 Å². The molecular weight excluding hydrogens is 200 g/mol. The number of carbonyl (C=O) groups is 1. The second kappa shape index (κ2) is 4.66. The molecule has 0 aliphatic rings. The van der Waals surface area contributed by atoms with Crippen molar-refractivity contribution in [2.45, 2.75) is 13.3 Å². The van der Waals surface area contributed by atoms with E-state index in [0.717, 1.165) is 12.0 Å². The van der Waals surface area contributed by atoms with Gasteiger partial charge in [-0.15, -0.1) is 0 Å². The highest BCUT2D eigenvalue weighted by molar-refractivity contribution is 6.07. The molecule has 2 rings (SSSR count). The number of hydrogen-bond donors (Lipinski definition) is 0. The highest BCUT2D eigenvalue weighted by Crippen LogP contribution is 2.09. The van der Waals surface area contributed by atoms with E-state index in [2.05, 4.69) is 16.9 Å². The van der Waals surface area contributed by atoms with E-state index in [4.69, 9.17) is 0 Å². The van der Waals surface area contributed by atoms with Crippen molar-refractivity contribution in [1.82, 2.24) is 9.97 Å². The quantitative estimate of drug-likeness (QED) is 0.733. The summed E-state index contributed by atoms with van der Waals surface area (Å²) in [7, 11) is 0. The van der Waals surface area contributed by atoms with Crippen LogP contribution in [0.4, 0.5) is 0 Å². The molecule has 3 nitrogen and oxygen atoms in total. The molecule has 0 aliphatic carbocycles. The molecule has 0 saturated carbocycles. The molecular formula is C13H12N2O. The van der Waals surface area contributed by atoms with Crippen molar-refractivity contribution < 1.29 is 4.79 Å². The van der Waals surface area contributed by atoms with E-state index in [1.165, 1.54) is 12.4 Å². The lowest BCUT2D eigenvalue weighted by Gasteiger charge is -2.01. The normalized spacial score (nSPS) is 10.1. The van der Waals surface area contributed by atoms with Gasteiger partial charge in [-0.05, 0) is 18.1 Å². The number of aromatic nitrogens is 2. The van der Waals surface area contributed by atoms with Gasteiger partial charge in [0.2, 0.25) is 5.78 Å². The topological polar surface area (TPSA) is 42.9 Å². The number of nitrogens with zero attached hydrogens (tertiary/aromatic N) is 2. The Labute approximate surface area is 94.2 Å². The van der Waals surface area contributed by atoms with Gasteiger partial charge in [-0.3, -0.25) is 9.78 Å². The number of hydrogen-bond acceptors (Lipinski definition) is 3. The van der Waals surface area contributed by atoms with Crippen LogP contribution in [0.3, 0.4) is 0 Å². The molecule has 0 unspecified atom stereocenters. The summed E-state index contributed by atoms with van der Waals surface area (Å²) >= 11 is 0. The van der Waals surface area contributed by atoms with Gasteiger partial charge in [-0.1, -0.05) is 25.1 Å². The van der Waals surface area contributed by atoms with Crippen molar-refractivity contribution in [3.05, 3.63) is 59.7 Å². The van der Waals surface area contributed by atoms with E-state index >= 15 is 0 Å². The minimum atomic E-state index is -0.0802. The van der Waals surface area contributed by atoms with Gasteiger partial charge in [0, 0.05) is 18.0 Å². The maximum atomic E-state index is 12.0. The maximum Gasteiger partial charge on any atom is 0.212 e. The summed E-state index contributed by atoms with van der Waals surface area (Å²) in [5, 5.41) is 0. The fraction of sp³-hybridized carbons (Fsp3) is 0.154. The monoisotopic (exact) mass is 212 g/mol. The third-order valence-electron chi connectivity index (χ3n) is 2.39. The van der Waals surface area contributed by atoms with Crippen molar-refractivity contribution in [3.63, 3.8) is 0 Å². The molecule has 0 aliphatic heterocycles. The minimum absolute atomic E-state index is 0.0802. The standard InChI is InChI=1S/C13H12N2O/c1-2-10-4-3-5-11(8-10)13(16)12-9-14-6-7-15-12/h3-9H,2H2,1H3. The van der Waals surface area contributed by atoms with Crippen molar-refractivity contribution in [2.75, 3.05) is 0 Å². The summed E-state index contributed by atoms with van der Waals surface area (Å²) in [6, 6.07) is 7.60. The Bertz CT molecular complexity index is 494. The molecule has 0 atom stereocenters. The average Bonchev–Trinajstić information content (AvgIpc) is 2.39. The lowest BCUT2D eigenvalue weighted by Crippen LogP contribution is -2.04. The Balaban J connectivity index is 2.34. The van der Waals surface area contributed by atoms with Gasteiger partial charge >= 0.3 is 0 Å². The van der Waals surface area contributed by atoms with Crippen molar-refractivity contribution in [3.8, 4) is 0 Å². The summed E-state index contributed by atoms with van der Waals surface area (Å²) in [5.74, 6) is -0.0802. The van der Waals surface area contributed by atoms with Crippen molar-refractivity contribution in [1.29, 1.82) is 0 Å². The molecule has 0 spiro atoms. The van der Waals surface area contributed by atoms with E-state index in [-0.39, 0.29) is 5.78 Å². The summed E-state index contributed by atoms with van der Waals surface area (Å²) < 4.78 is 0. The zero-order valence-corrected chi connectivity index (χ0v) is 9.05. The van der Waals surface area contributed by atoms with Gasteiger partial charge in [0.05, 0.1) is 6.20 Å². The van der Waals surface area contributed by atoms with Crippen LogP contribution < -0.4 is 0 Å². The first kappa shape index (κ1) is 10.5. The summed E-state index contributed by atoms with van der Waals surface area (Å²) in [6.45, 7) is 2.06. The first-order valence-electron chi connectivity index (χ1n) is 5.21. The third-order valence-corrected chi connectivity index (χ3v) is 2.39. The number of benzene rings is 1. The molecule has 1 heterocycles. The summed E-state index contributed by atoms with van der Waals surface area (Å²) in [4.78, 5) is 19.9. The first-order chi connectivity index (χ1) is 7.81. The van der Waals surface area contributed by atoms with Crippen LogP contribution in [0.25, 0.3) is 0 Å². The van der Waals surface area contributed by atoms with Gasteiger partial charge in [-0.25, -0.2) is 4.98 Å². The predicted octanol–water partition coefficient (Wildman–Crippen LogP) is 2.27. The number of aryl methyl sites for hydroxylation is 1. The van der Waals surface area contributed by atoms with Crippen LogP contribution in [0.2, 0.25) is 0 Å². The van der Waals surface area contributed by atoms with Crippen LogP contribution in [0.5, 0.6) is 0 Å².